The zero-order valence-corrected chi connectivity index (χ0v) is 13.2. The molecule has 22 heavy (non-hydrogen) atoms. The van der Waals surface area contributed by atoms with E-state index in [2.05, 4.69) is 5.32 Å². The molecule has 5 nitrogen and oxygen atoms in total. The molecule has 0 radical (unpaired) electrons. The highest BCUT2D eigenvalue weighted by Crippen LogP contribution is 2.34. The van der Waals surface area contributed by atoms with Crippen LogP contribution in [0.5, 0.6) is 0 Å². The lowest BCUT2D eigenvalue weighted by molar-refractivity contribution is -0.153. The Morgan fingerprint density at radius 2 is 1.77 bits per heavy atom. The molecule has 2 rings (SSSR count). The van der Waals surface area contributed by atoms with E-state index in [9.17, 15) is 18.8 Å². The lowest BCUT2D eigenvalue weighted by Gasteiger charge is -2.33. The highest BCUT2D eigenvalue weighted by molar-refractivity contribution is 6.09. The first-order valence-electron chi connectivity index (χ1n) is 7.23. The molecular formula is C16H21FN2O3. The van der Waals surface area contributed by atoms with Crippen molar-refractivity contribution in [3.8, 4) is 0 Å². The molecule has 0 bridgehead atoms. The summed E-state index contributed by atoms with van der Waals surface area (Å²) in [5, 5.41) is 2.44. The SMILES string of the molecule is CC.CNC(=O)C1C(=O)N(C)C(=O)CC1c1ccc(F)cc1. The maximum atomic E-state index is 13.0. The van der Waals surface area contributed by atoms with Crippen LogP contribution in [0.25, 0.3) is 0 Å². The number of carbonyl (C=O) groups is 3. The van der Waals surface area contributed by atoms with Gasteiger partial charge in [-0.2, -0.15) is 0 Å². The Kier molecular flexibility index (Phi) is 6.22. The van der Waals surface area contributed by atoms with Crippen LogP contribution >= 0.6 is 0 Å². The number of halogens is 1. The number of nitrogens with zero attached hydrogens (tertiary/aromatic N) is 1. The van der Waals surface area contributed by atoms with E-state index < -0.39 is 29.5 Å². The van der Waals surface area contributed by atoms with Crippen LogP contribution in [0.15, 0.2) is 24.3 Å². The van der Waals surface area contributed by atoms with Crippen LogP contribution < -0.4 is 5.32 Å². The van der Waals surface area contributed by atoms with Crippen LogP contribution in [0.4, 0.5) is 4.39 Å². The maximum Gasteiger partial charge on any atom is 0.242 e. The van der Waals surface area contributed by atoms with Gasteiger partial charge in [0.15, 0.2) is 0 Å². The molecule has 0 aromatic heterocycles. The number of nitrogens with one attached hydrogen (secondary N) is 1. The molecule has 1 N–H and O–H groups in total. The zero-order valence-electron chi connectivity index (χ0n) is 13.2. The van der Waals surface area contributed by atoms with E-state index in [0.29, 0.717) is 5.56 Å². The quantitative estimate of drug-likeness (QED) is 0.668. The average Bonchev–Trinajstić information content (AvgIpc) is 2.54. The molecule has 120 valence electrons. The van der Waals surface area contributed by atoms with Crippen LogP contribution in [0.1, 0.15) is 31.7 Å². The monoisotopic (exact) mass is 308 g/mol. The van der Waals surface area contributed by atoms with Gasteiger partial charge in [-0.15, -0.1) is 0 Å². The molecule has 1 aromatic rings. The minimum absolute atomic E-state index is 0.0476. The molecule has 1 fully saturated rings. The van der Waals surface area contributed by atoms with Crippen LogP contribution in [0.2, 0.25) is 0 Å². The van der Waals surface area contributed by atoms with Gasteiger partial charge in [-0.25, -0.2) is 4.39 Å². The fourth-order valence-corrected chi connectivity index (χ4v) is 2.42. The molecule has 0 spiro atoms. The standard InChI is InChI=1S/C14H15FN2O3.C2H6/c1-16-13(19)12-10(7-11(18)17(2)14(12)20)8-3-5-9(15)6-4-8;1-2/h3-6,10,12H,7H2,1-2H3,(H,16,19);1-2H3. The minimum Gasteiger partial charge on any atom is -0.358 e. The predicted octanol–water partition coefficient (Wildman–Crippen LogP) is 1.69. The maximum absolute atomic E-state index is 13.0. The Balaban J connectivity index is 0.00000116. The van der Waals surface area contributed by atoms with Gasteiger partial charge in [0.2, 0.25) is 17.7 Å². The summed E-state index contributed by atoms with van der Waals surface area (Å²) >= 11 is 0. The number of benzene rings is 1. The summed E-state index contributed by atoms with van der Waals surface area (Å²) in [6.45, 7) is 4.00. The van der Waals surface area contributed by atoms with Crippen molar-refractivity contribution in [2.24, 2.45) is 5.92 Å². The fourth-order valence-electron chi connectivity index (χ4n) is 2.42. The van der Waals surface area contributed by atoms with Crippen molar-refractivity contribution in [1.29, 1.82) is 0 Å². The molecule has 2 unspecified atom stereocenters. The van der Waals surface area contributed by atoms with Crippen molar-refractivity contribution < 1.29 is 18.8 Å². The summed E-state index contributed by atoms with van der Waals surface area (Å²) in [5.41, 5.74) is 0.606. The van der Waals surface area contributed by atoms with Crippen molar-refractivity contribution in [3.05, 3.63) is 35.6 Å². The second-order valence-corrected chi connectivity index (χ2v) is 4.75. The molecule has 0 saturated carbocycles. The molecule has 6 heteroatoms. The highest BCUT2D eigenvalue weighted by Gasteiger charge is 2.44. The number of rotatable bonds is 2. The number of imide groups is 1. The van der Waals surface area contributed by atoms with E-state index in [4.69, 9.17) is 0 Å². The Hall–Kier alpha value is -2.24. The molecule has 1 saturated heterocycles. The molecule has 1 aromatic carbocycles. The summed E-state index contributed by atoms with van der Waals surface area (Å²) in [7, 11) is 2.80. The number of amides is 3. The van der Waals surface area contributed by atoms with E-state index in [-0.39, 0.29) is 12.3 Å². The van der Waals surface area contributed by atoms with E-state index in [1.165, 1.54) is 38.4 Å². The Morgan fingerprint density at radius 1 is 1.23 bits per heavy atom. The van der Waals surface area contributed by atoms with Gasteiger partial charge in [-0.1, -0.05) is 26.0 Å². The summed E-state index contributed by atoms with van der Waals surface area (Å²) in [6, 6.07) is 5.51. The third-order valence-corrected chi connectivity index (χ3v) is 3.59. The van der Waals surface area contributed by atoms with Gasteiger partial charge < -0.3 is 5.32 Å². The first-order chi connectivity index (χ1) is 10.5. The molecular weight excluding hydrogens is 287 g/mol. The third-order valence-electron chi connectivity index (χ3n) is 3.59. The number of piperidine rings is 1. The second-order valence-electron chi connectivity index (χ2n) is 4.75. The topological polar surface area (TPSA) is 66.5 Å². The molecule has 1 heterocycles. The zero-order chi connectivity index (χ0) is 16.9. The van der Waals surface area contributed by atoms with Gasteiger partial charge in [0.05, 0.1) is 0 Å². The van der Waals surface area contributed by atoms with Gasteiger partial charge in [0, 0.05) is 26.4 Å². The van der Waals surface area contributed by atoms with Gasteiger partial charge in [-0.3, -0.25) is 19.3 Å². The number of hydrogen-bond donors (Lipinski definition) is 1. The van der Waals surface area contributed by atoms with Crippen LogP contribution in [0.3, 0.4) is 0 Å². The molecule has 1 aliphatic heterocycles. The lowest BCUT2D eigenvalue weighted by Crippen LogP contribution is -2.51. The van der Waals surface area contributed by atoms with E-state index in [0.717, 1.165) is 4.90 Å². The van der Waals surface area contributed by atoms with Crippen LogP contribution in [-0.2, 0) is 14.4 Å². The Bertz CT molecular complexity index is 557. The van der Waals surface area contributed by atoms with E-state index in [1.54, 1.807) is 0 Å². The van der Waals surface area contributed by atoms with Gasteiger partial charge >= 0.3 is 0 Å². The highest BCUT2D eigenvalue weighted by atomic mass is 19.1. The van der Waals surface area contributed by atoms with Gasteiger partial charge in [0.1, 0.15) is 11.7 Å². The lowest BCUT2D eigenvalue weighted by atomic mass is 9.79. The second kappa shape index (κ2) is 7.68. The normalized spacial score (nSPS) is 21.0. The van der Waals surface area contributed by atoms with Crippen molar-refractivity contribution in [3.63, 3.8) is 0 Å². The van der Waals surface area contributed by atoms with Gasteiger partial charge in [-0.05, 0) is 17.7 Å². The summed E-state index contributed by atoms with van der Waals surface area (Å²) in [4.78, 5) is 36.9. The molecule has 1 aliphatic rings. The van der Waals surface area contributed by atoms with Gasteiger partial charge in [0.25, 0.3) is 0 Å². The number of hydrogen-bond acceptors (Lipinski definition) is 3. The first kappa shape index (κ1) is 17.8. The third kappa shape index (κ3) is 3.50. The molecule has 2 atom stereocenters. The van der Waals surface area contributed by atoms with Crippen molar-refractivity contribution in [1.82, 2.24) is 10.2 Å². The van der Waals surface area contributed by atoms with Crippen molar-refractivity contribution in [2.45, 2.75) is 26.2 Å². The summed E-state index contributed by atoms with van der Waals surface area (Å²) in [5.74, 6) is -3.25. The smallest absolute Gasteiger partial charge is 0.242 e. The Labute approximate surface area is 129 Å². The van der Waals surface area contributed by atoms with Crippen LogP contribution in [-0.4, -0.2) is 36.7 Å². The minimum atomic E-state index is -0.965. The van der Waals surface area contributed by atoms with E-state index in [1.807, 2.05) is 13.8 Å². The number of carbonyl (C=O) groups excluding carboxylic acids is 3. The van der Waals surface area contributed by atoms with E-state index >= 15 is 0 Å². The largest absolute Gasteiger partial charge is 0.358 e. The first-order valence-corrected chi connectivity index (χ1v) is 7.23. The van der Waals surface area contributed by atoms with Crippen LogP contribution in [0, 0.1) is 11.7 Å². The fraction of sp³-hybridized carbons (Fsp3) is 0.438. The average molecular weight is 308 g/mol. The van der Waals surface area contributed by atoms with Crippen molar-refractivity contribution in [2.75, 3.05) is 14.1 Å². The summed E-state index contributed by atoms with van der Waals surface area (Å²) in [6.07, 6.45) is 0.0476. The van der Waals surface area contributed by atoms with Crippen molar-refractivity contribution >= 4 is 17.7 Å². The summed E-state index contributed by atoms with van der Waals surface area (Å²) < 4.78 is 13.0. The molecule has 0 aliphatic carbocycles. The Morgan fingerprint density at radius 3 is 2.27 bits per heavy atom. The predicted molar refractivity (Wildman–Crippen MR) is 80.4 cm³/mol. The number of likely N-dealkylation sites (tertiary alicyclic amines) is 1. The molecule has 3 amide bonds.